The Hall–Kier alpha value is -3.68. The van der Waals surface area contributed by atoms with Crippen molar-refractivity contribution in [3.05, 3.63) is 77.9 Å². The average Bonchev–Trinajstić information content (AvgIpc) is 3.13. The number of hydrazine groups is 1. The lowest BCUT2D eigenvalue weighted by Crippen LogP contribution is -2.41. The molecule has 0 unspecified atom stereocenters. The first-order chi connectivity index (χ1) is 12.1. The number of carbonyl (C=O) groups is 2. The Morgan fingerprint density at radius 2 is 1.72 bits per heavy atom. The van der Waals surface area contributed by atoms with Crippen LogP contribution in [0, 0.1) is 0 Å². The molecule has 3 rings (SSSR count). The van der Waals surface area contributed by atoms with Crippen LogP contribution >= 0.6 is 0 Å². The molecule has 0 aliphatic heterocycles. The highest BCUT2D eigenvalue weighted by atomic mass is 16.3. The second-order valence-electron chi connectivity index (χ2n) is 5.22. The van der Waals surface area contributed by atoms with Crippen LogP contribution in [0.15, 0.2) is 61.2 Å². The summed E-state index contributed by atoms with van der Waals surface area (Å²) in [6.45, 7) is 0.548. The van der Waals surface area contributed by atoms with Crippen LogP contribution in [0.2, 0.25) is 0 Å². The minimum Gasteiger partial charge on any atom is -0.507 e. The predicted molar refractivity (Wildman–Crippen MR) is 88.6 cm³/mol. The summed E-state index contributed by atoms with van der Waals surface area (Å²) in [5.74, 6) is -1.22. The molecule has 2 aromatic carbocycles. The van der Waals surface area contributed by atoms with Gasteiger partial charge in [0, 0.05) is 5.56 Å². The van der Waals surface area contributed by atoms with Crippen molar-refractivity contribution >= 4 is 11.8 Å². The van der Waals surface area contributed by atoms with Crippen molar-refractivity contribution < 1.29 is 14.7 Å². The van der Waals surface area contributed by atoms with Gasteiger partial charge in [-0.15, -0.1) is 0 Å². The number of rotatable bonds is 4. The largest absolute Gasteiger partial charge is 0.507 e. The summed E-state index contributed by atoms with van der Waals surface area (Å²) in [6, 6.07) is 12.9. The average molecular weight is 337 g/mol. The SMILES string of the molecule is O=C(NNC(=O)c1ccccc1O)c1ccc(Cn2cncn2)cc1. The molecule has 0 atom stereocenters. The van der Waals surface area contributed by atoms with Crippen LogP contribution in [0.5, 0.6) is 5.75 Å². The van der Waals surface area contributed by atoms with Gasteiger partial charge in [-0.05, 0) is 29.8 Å². The van der Waals surface area contributed by atoms with Crippen LogP contribution in [0.4, 0.5) is 0 Å². The molecule has 0 saturated heterocycles. The van der Waals surface area contributed by atoms with E-state index in [2.05, 4.69) is 20.9 Å². The third-order valence-electron chi connectivity index (χ3n) is 3.47. The highest BCUT2D eigenvalue weighted by Crippen LogP contribution is 2.14. The lowest BCUT2D eigenvalue weighted by Gasteiger charge is -2.09. The summed E-state index contributed by atoms with van der Waals surface area (Å²) in [5.41, 5.74) is 6.00. The van der Waals surface area contributed by atoms with Crippen molar-refractivity contribution in [2.24, 2.45) is 0 Å². The molecule has 2 amide bonds. The van der Waals surface area contributed by atoms with Crippen LogP contribution < -0.4 is 10.9 Å². The standard InChI is InChI=1S/C17H15N5O3/c23-15-4-2-1-3-14(15)17(25)21-20-16(24)13-7-5-12(6-8-13)9-22-11-18-10-19-22/h1-8,10-11,23H,9H2,(H,20,24)(H,21,25). The number of para-hydroxylation sites is 1. The molecule has 1 heterocycles. The summed E-state index contributed by atoms with van der Waals surface area (Å²) < 4.78 is 1.67. The monoisotopic (exact) mass is 337 g/mol. The van der Waals surface area contributed by atoms with Gasteiger partial charge in [0.05, 0.1) is 12.1 Å². The maximum atomic E-state index is 12.1. The van der Waals surface area contributed by atoms with Crippen molar-refractivity contribution in [3.8, 4) is 5.75 Å². The minimum atomic E-state index is -0.603. The van der Waals surface area contributed by atoms with Gasteiger partial charge >= 0.3 is 0 Å². The zero-order valence-corrected chi connectivity index (χ0v) is 13.1. The number of phenols is 1. The molecule has 1 aromatic heterocycles. The summed E-state index contributed by atoms with van der Waals surface area (Å²) in [6.07, 6.45) is 3.06. The molecule has 0 bridgehead atoms. The molecule has 126 valence electrons. The molecular formula is C17H15N5O3. The Balaban J connectivity index is 1.58. The topological polar surface area (TPSA) is 109 Å². The Bertz CT molecular complexity index is 876. The van der Waals surface area contributed by atoms with Gasteiger partial charge in [0.25, 0.3) is 11.8 Å². The Morgan fingerprint density at radius 1 is 1.00 bits per heavy atom. The van der Waals surface area contributed by atoms with Gasteiger partial charge in [-0.2, -0.15) is 5.10 Å². The van der Waals surface area contributed by atoms with Crippen molar-refractivity contribution in [2.45, 2.75) is 6.54 Å². The molecule has 8 nitrogen and oxygen atoms in total. The van der Waals surface area contributed by atoms with Crippen molar-refractivity contribution in [3.63, 3.8) is 0 Å². The van der Waals surface area contributed by atoms with E-state index in [0.29, 0.717) is 12.1 Å². The number of amides is 2. The zero-order chi connectivity index (χ0) is 17.6. The van der Waals surface area contributed by atoms with E-state index < -0.39 is 11.8 Å². The van der Waals surface area contributed by atoms with Crippen LogP contribution in [0.1, 0.15) is 26.3 Å². The number of hydrogen-bond acceptors (Lipinski definition) is 5. The van der Waals surface area contributed by atoms with Crippen LogP contribution in [0.25, 0.3) is 0 Å². The van der Waals surface area contributed by atoms with Crippen molar-refractivity contribution in [2.75, 3.05) is 0 Å². The molecule has 0 aliphatic rings. The van der Waals surface area contributed by atoms with Gasteiger partial charge in [-0.3, -0.25) is 20.4 Å². The summed E-state index contributed by atoms with van der Waals surface area (Å²) >= 11 is 0. The lowest BCUT2D eigenvalue weighted by molar-refractivity contribution is 0.0845. The number of nitrogens with zero attached hydrogens (tertiary/aromatic N) is 3. The number of hydrogen-bond donors (Lipinski definition) is 3. The highest BCUT2D eigenvalue weighted by Gasteiger charge is 2.12. The first-order valence-corrected chi connectivity index (χ1v) is 7.43. The third kappa shape index (κ3) is 3.99. The molecule has 8 heteroatoms. The van der Waals surface area contributed by atoms with E-state index in [0.717, 1.165) is 5.56 Å². The number of aromatic nitrogens is 3. The van der Waals surface area contributed by atoms with E-state index in [4.69, 9.17) is 0 Å². The third-order valence-corrected chi connectivity index (χ3v) is 3.47. The maximum Gasteiger partial charge on any atom is 0.273 e. The Labute approximate surface area is 143 Å². The fraction of sp³-hybridized carbons (Fsp3) is 0.0588. The number of nitrogens with one attached hydrogen (secondary N) is 2. The van der Waals surface area contributed by atoms with E-state index in [1.807, 2.05) is 0 Å². The second-order valence-corrected chi connectivity index (χ2v) is 5.22. The van der Waals surface area contributed by atoms with Crippen LogP contribution in [-0.2, 0) is 6.54 Å². The van der Waals surface area contributed by atoms with Gasteiger partial charge in [-0.1, -0.05) is 24.3 Å². The second kappa shape index (κ2) is 7.26. The number of benzene rings is 2. The number of aromatic hydroxyl groups is 1. The molecule has 0 aliphatic carbocycles. The molecule has 25 heavy (non-hydrogen) atoms. The van der Waals surface area contributed by atoms with E-state index in [1.54, 1.807) is 47.4 Å². The first kappa shape index (κ1) is 16.2. The fourth-order valence-electron chi connectivity index (χ4n) is 2.18. The maximum absolute atomic E-state index is 12.1. The van der Waals surface area contributed by atoms with Gasteiger partial charge < -0.3 is 5.11 Å². The van der Waals surface area contributed by atoms with E-state index >= 15 is 0 Å². The predicted octanol–water partition coefficient (Wildman–Crippen LogP) is 1.11. The molecule has 3 N–H and O–H groups in total. The van der Waals surface area contributed by atoms with Gasteiger partial charge in [0.2, 0.25) is 0 Å². The van der Waals surface area contributed by atoms with Crippen LogP contribution in [-0.4, -0.2) is 31.7 Å². The molecule has 0 radical (unpaired) electrons. The number of phenolic OH excluding ortho intramolecular Hbond substituents is 1. The van der Waals surface area contributed by atoms with Crippen molar-refractivity contribution in [1.29, 1.82) is 0 Å². The van der Waals surface area contributed by atoms with Crippen molar-refractivity contribution in [1.82, 2.24) is 25.6 Å². The minimum absolute atomic E-state index is 0.0750. The smallest absolute Gasteiger partial charge is 0.273 e. The van der Waals surface area contributed by atoms with E-state index in [1.165, 1.54) is 18.5 Å². The summed E-state index contributed by atoms with van der Waals surface area (Å²) in [5, 5.41) is 13.6. The van der Waals surface area contributed by atoms with Gasteiger partial charge in [0.1, 0.15) is 18.4 Å². The summed E-state index contributed by atoms with van der Waals surface area (Å²) in [4.78, 5) is 27.9. The lowest BCUT2D eigenvalue weighted by atomic mass is 10.1. The molecule has 0 spiro atoms. The molecule has 0 fully saturated rings. The Kier molecular flexibility index (Phi) is 4.70. The molecule has 3 aromatic rings. The van der Waals surface area contributed by atoms with Gasteiger partial charge in [0.15, 0.2) is 0 Å². The zero-order valence-electron chi connectivity index (χ0n) is 13.1. The molecule has 0 saturated carbocycles. The fourth-order valence-corrected chi connectivity index (χ4v) is 2.18. The Morgan fingerprint density at radius 3 is 2.40 bits per heavy atom. The normalized spacial score (nSPS) is 10.2. The van der Waals surface area contributed by atoms with E-state index in [-0.39, 0.29) is 11.3 Å². The van der Waals surface area contributed by atoms with Gasteiger partial charge in [-0.25, -0.2) is 9.67 Å². The first-order valence-electron chi connectivity index (χ1n) is 7.43. The quantitative estimate of drug-likeness (QED) is 0.618. The molecular weight excluding hydrogens is 322 g/mol. The number of carbonyl (C=O) groups excluding carboxylic acids is 2. The highest BCUT2D eigenvalue weighted by molar-refractivity contribution is 6.00. The summed E-state index contributed by atoms with van der Waals surface area (Å²) in [7, 11) is 0. The van der Waals surface area contributed by atoms with E-state index in [9.17, 15) is 14.7 Å². The van der Waals surface area contributed by atoms with Crippen LogP contribution in [0.3, 0.4) is 0 Å².